The van der Waals surface area contributed by atoms with E-state index in [2.05, 4.69) is 9.97 Å². The second-order valence-electron chi connectivity index (χ2n) is 2.89. The Balaban J connectivity index is 2.94. The number of hydrogen-bond acceptors (Lipinski definition) is 2. The topological polar surface area (TPSA) is 50.7 Å². The van der Waals surface area contributed by atoms with Gasteiger partial charge in [-0.2, -0.15) is 0 Å². The Morgan fingerprint density at radius 2 is 2.31 bits per heavy atom. The van der Waals surface area contributed by atoms with Crippen molar-refractivity contribution in [1.29, 1.82) is 0 Å². The number of aromatic amines is 1. The van der Waals surface area contributed by atoms with Crippen molar-refractivity contribution in [3.8, 4) is 0 Å². The molecule has 0 bridgehead atoms. The van der Waals surface area contributed by atoms with Crippen molar-refractivity contribution in [2.24, 2.45) is 7.05 Å². The van der Waals surface area contributed by atoms with Crippen LogP contribution >= 0.6 is 11.6 Å². The lowest BCUT2D eigenvalue weighted by molar-refractivity contribution is 0.112. The summed E-state index contributed by atoms with van der Waals surface area (Å²) in [4.78, 5) is 17.8. The van der Waals surface area contributed by atoms with E-state index in [-0.39, 0.29) is 0 Å². The van der Waals surface area contributed by atoms with E-state index in [0.717, 1.165) is 17.6 Å². The highest BCUT2D eigenvalue weighted by Gasteiger charge is 2.14. The number of nitrogens with zero attached hydrogens (tertiary/aromatic N) is 2. The van der Waals surface area contributed by atoms with Gasteiger partial charge in [0, 0.05) is 7.05 Å². The number of aryl methyl sites for hydroxylation is 2. The van der Waals surface area contributed by atoms with Gasteiger partial charge >= 0.3 is 0 Å². The van der Waals surface area contributed by atoms with Gasteiger partial charge in [-0.05, 0) is 6.92 Å². The van der Waals surface area contributed by atoms with Crippen molar-refractivity contribution >= 4 is 29.1 Å². The fourth-order valence-corrected chi connectivity index (χ4v) is 1.61. The monoisotopic (exact) mass is 197 g/mol. The first-order valence-electron chi connectivity index (χ1n) is 3.81. The van der Waals surface area contributed by atoms with E-state index in [1.165, 1.54) is 0 Å². The van der Waals surface area contributed by atoms with Crippen LogP contribution in [0.25, 0.3) is 11.2 Å². The largest absolute Gasteiger partial charge is 0.329 e. The van der Waals surface area contributed by atoms with Gasteiger partial charge in [-0.1, -0.05) is 11.6 Å². The molecule has 0 saturated heterocycles. The van der Waals surface area contributed by atoms with Gasteiger partial charge < -0.3 is 9.55 Å². The van der Waals surface area contributed by atoms with Crippen LogP contribution in [0.15, 0.2) is 0 Å². The third kappa shape index (κ3) is 0.986. The third-order valence-corrected chi connectivity index (χ3v) is 2.45. The lowest BCUT2D eigenvalue weighted by atomic mass is 10.3. The number of nitrogens with one attached hydrogen (secondary N) is 1. The highest BCUT2D eigenvalue weighted by atomic mass is 35.5. The van der Waals surface area contributed by atoms with Gasteiger partial charge in [0.25, 0.3) is 0 Å². The molecule has 13 heavy (non-hydrogen) atoms. The molecule has 0 aliphatic heterocycles. The van der Waals surface area contributed by atoms with Gasteiger partial charge in [-0.25, -0.2) is 4.98 Å². The number of carbonyl (C=O) groups is 1. The normalized spacial score (nSPS) is 11.0. The summed E-state index contributed by atoms with van der Waals surface area (Å²) in [6.07, 6.45) is 0.738. The Bertz CT molecular complexity index is 483. The number of carbonyl (C=O) groups excluding carboxylic acids is 1. The molecule has 4 nitrogen and oxygen atoms in total. The number of hydrogen-bond donors (Lipinski definition) is 1. The molecule has 0 spiro atoms. The summed E-state index contributed by atoms with van der Waals surface area (Å²) in [7, 11) is 1.85. The number of aldehydes is 1. The maximum atomic E-state index is 10.7. The molecule has 0 atom stereocenters. The number of aromatic nitrogens is 3. The predicted octanol–water partition coefficient (Wildman–Crippen LogP) is 1.68. The van der Waals surface area contributed by atoms with Crippen molar-refractivity contribution in [1.82, 2.24) is 14.5 Å². The minimum absolute atomic E-state index is 0.350. The van der Waals surface area contributed by atoms with Crippen LogP contribution in [0.3, 0.4) is 0 Å². The van der Waals surface area contributed by atoms with Crippen molar-refractivity contribution in [2.75, 3.05) is 0 Å². The van der Waals surface area contributed by atoms with Crippen LogP contribution in [0.5, 0.6) is 0 Å². The zero-order valence-corrected chi connectivity index (χ0v) is 8.01. The molecule has 2 heterocycles. The van der Waals surface area contributed by atoms with Crippen LogP contribution in [-0.4, -0.2) is 20.8 Å². The molecular formula is C8H8ClN3O. The van der Waals surface area contributed by atoms with Gasteiger partial charge in [0.15, 0.2) is 11.9 Å². The summed E-state index contributed by atoms with van der Waals surface area (Å²) in [5.74, 6) is 0.848. The summed E-state index contributed by atoms with van der Waals surface area (Å²) in [6.45, 7) is 1.87. The number of H-pyrrole nitrogens is 1. The molecule has 0 fully saturated rings. The predicted molar refractivity (Wildman–Crippen MR) is 50.2 cm³/mol. The van der Waals surface area contributed by atoms with E-state index in [1.807, 2.05) is 18.5 Å². The van der Waals surface area contributed by atoms with E-state index < -0.39 is 0 Å². The molecule has 0 unspecified atom stereocenters. The fourth-order valence-electron chi connectivity index (χ4n) is 1.39. The van der Waals surface area contributed by atoms with Gasteiger partial charge in [-0.15, -0.1) is 0 Å². The van der Waals surface area contributed by atoms with Crippen molar-refractivity contribution in [3.05, 3.63) is 16.5 Å². The molecule has 0 aromatic carbocycles. The molecule has 1 N–H and O–H groups in total. The lowest BCUT2D eigenvalue weighted by Crippen LogP contribution is -1.93. The zero-order chi connectivity index (χ0) is 9.59. The molecule has 0 saturated carbocycles. The minimum Gasteiger partial charge on any atom is -0.329 e. The summed E-state index contributed by atoms with van der Waals surface area (Å²) in [6, 6.07) is 0. The Morgan fingerprint density at radius 3 is 2.92 bits per heavy atom. The standard InChI is InChI=1S/C8H8ClN3O/c1-4-10-8-6(12(4)2)5(3-13)7(9)11-8/h3,11H,1-2H3. The molecule has 0 aliphatic carbocycles. The van der Waals surface area contributed by atoms with E-state index >= 15 is 0 Å². The number of halogens is 1. The van der Waals surface area contributed by atoms with Crippen molar-refractivity contribution < 1.29 is 4.79 Å². The van der Waals surface area contributed by atoms with E-state index in [4.69, 9.17) is 11.6 Å². The van der Waals surface area contributed by atoms with Crippen LogP contribution < -0.4 is 0 Å². The van der Waals surface area contributed by atoms with Gasteiger partial charge in [-0.3, -0.25) is 4.79 Å². The zero-order valence-electron chi connectivity index (χ0n) is 7.26. The van der Waals surface area contributed by atoms with Crippen LogP contribution in [0.4, 0.5) is 0 Å². The Labute approximate surface area is 79.5 Å². The molecule has 2 aromatic rings. The molecule has 5 heteroatoms. The molecular weight excluding hydrogens is 190 g/mol. The maximum absolute atomic E-state index is 10.7. The molecule has 68 valence electrons. The van der Waals surface area contributed by atoms with E-state index in [9.17, 15) is 4.79 Å². The van der Waals surface area contributed by atoms with E-state index in [0.29, 0.717) is 16.4 Å². The summed E-state index contributed by atoms with van der Waals surface area (Å²) in [5.41, 5.74) is 1.89. The quantitative estimate of drug-likeness (QED) is 0.708. The number of imidazole rings is 1. The molecule has 0 aliphatic rings. The molecule has 2 rings (SSSR count). The van der Waals surface area contributed by atoms with Crippen LogP contribution in [0.1, 0.15) is 16.2 Å². The second kappa shape index (κ2) is 2.60. The smallest absolute Gasteiger partial charge is 0.158 e. The van der Waals surface area contributed by atoms with Gasteiger partial charge in [0.2, 0.25) is 0 Å². The number of fused-ring (bicyclic) bond motifs is 1. The Morgan fingerprint density at radius 1 is 1.62 bits per heavy atom. The second-order valence-corrected chi connectivity index (χ2v) is 3.26. The van der Waals surface area contributed by atoms with Crippen LogP contribution in [0.2, 0.25) is 5.15 Å². The summed E-state index contributed by atoms with van der Waals surface area (Å²) in [5, 5.41) is 0.350. The van der Waals surface area contributed by atoms with E-state index in [1.54, 1.807) is 0 Å². The third-order valence-electron chi connectivity index (χ3n) is 2.16. The van der Waals surface area contributed by atoms with Crippen LogP contribution in [0, 0.1) is 6.92 Å². The highest BCUT2D eigenvalue weighted by molar-refractivity contribution is 6.33. The summed E-state index contributed by atoms with van der Waals surface area (Å²) < 4.78 is 1.83. The first kappa shape index (κ1) is 8.31. The SMILES string of the molecule is Cc1nc2[nH]c(Cl)c(C=O)c2n1C. The maximum Gasteiger partial charge on any atom is 0.158 e. The Kier molecular flexibility index (Phi) is 1.66. The fraction of sp³-hybridized carbons (Fsp3) is 0.250. The van der Waals surface area contributed by atoms with Gasteiger partial charge in [0.1, 0.15) is 11.0 Å². The number of rotatable bonds is 1. The first-order chi connectivity index (χ1) is 6.15. The van der Waals surface area contributed by atoms with Crippen LogP contribution in [-0.2, 0) is 7.05 Å². The minimum atomic E-state index is 0.350. The van der Waals surface area contributed by atoms with Crippen molar-refractivity contribution in [2.45, 2.75) is 6.92 Å². The summed E-state index contributed by atoms with van der Waals surface area (Å²) >= 11 is 5.79. The molecule has 0 amide bonds. The Hall–Kier alpha value is -1.29. The van der Waals surface area contributed by atoms with Gasteiger partial charge in [0.05, 0.1) is 11.1 Å². The average molecular weight is 198 g/mol. The molecule has 2 aromatic heterocycles. The average Bonchev–Trinajstić information content (AvgIpc) is 2.51. The first-order valence-corrected chi connectivity index (χ1v) is 4.18. The lowest BCUT2D eigenvalue weighted by Gasteiger charge is -1.94. The van der Waals surface area contributed by atoms with Crippen molar-refractivity contribution in [3.63, 3.8) is 0 Å². The molecule has 0 radical (unpaired) electrons. The highest BCUT2D eigenvalue weighted by Crippen LogP contribution is 2.24.